The highest BCUT2D eigenvalue weighted by molar-refractivity contribution is 6.31. The van der Waals surface area contributed by atoms with Crippen LogP contribution < -0.4 is 10.1 Å². The smallest absolute Gasteiger partial charge is 0.303 e. The summed E-state index contributed by atoms with van der Waals surface area (Å²) in [6.07, 6.45) is 4.50. The van der Waals surface area contributed by atoms with Gasteiger partial charge in [-0.3, -0.25) is 4.79 Å². The number of aliphatic carboxylic acids is 1. The standard InChI is InChI=1S/C21H22ClF2NO3/c22-14-7-8-19(25-15-4-1-2-5-15)16(12-14)13-10-17(23)21(18(24)11-13)28-9-3-6-20(26)27/h7-8,10-12,15,25H,1-6,9H2,(H,26,27). The number of carboxylic acid groups (broad SMARTS) is 1. The Hall–Kier alpha value is -2.34. The number of benzene rings is 2. The fourth-order valence-corrected chi connectivity index (χ4v) is 3.59. The first-order valence-corrected chi connectivity index (χ1v) is 9.72. The fraction of sp³-hybridized carbons (Fsp3) is 0.381. The van der Waals surface area contributed by atoms with Crippen molar-refractivity contribution in [1.29, 1.82) is 0 Å². The van der Waals surface area contributed by atoms with Crippen LogP contribution in [-0.4, -0.2) is 23.7 Å². The fourth-order valence-electron chi connectivity index (χ4n) is 3.42. The largest absolute Gasteiger partial charge is 0.488 e. The topological polar surface area (TPSA) is 58.6 Å². The van der Waals surface area contributed by atoms with Crippen molar-refractivity contribution in [1.82, 2.24) is 0 Å². The van der Waals surface area contributed by atoms with Crippen LogP contribution in [0.2, 0.25) is 5.02 Å². The quantitative estimate of drug-likeness (QED) is 0.534. The van der Waals surface area contributed by atoms with Crippen molar-refractivity contribution >= 4 is 23.3 Å². The van der Waals surface area contributed by atoms with Gasteiger partial charge in [0.2, 0.25) is 0 Å². The van der Waals surface area contributed by atoms with Gasteiger partial charge in [0.05, 0.1) is 6.61 Å². The monoisotopic (exact) mass is 409 g/mol. The Morgan fingerprint density at radius 2 is 1.86 bits per heavy atom. The lowest BCUT2D eigenvalue weighted by Crippen LogP contribution is -2.15. The summed E-state index contributed by atoms with van der Waals surface area (Å²) >= 11 is 6.12. The van der Waals surface area contributed by atoms with Crippen molar-refractivity contribution in [3.05, 3.63) is 47.0 Å². The van der Waals surface area contributed by atoms with E-state index in [2.05, 4.69) is 5.32 Å². The molecule has 0 saturated heterocycles. The zero-order valence-electron chi connectivity index (χ0n) is 15.3. The highest BCUT2D eigenvalue weighted by atomic mass is 35.5. The molecule has 4 nitrogen and oxygen atoms in total. The van der Waals surface area contributed by atoms with Gasteiger partial charge in [-0.2, -0.15) is 0 Å². The van der Waals surface area contributed by atoms with Gasteiger partial charge in [0.25, 0.3) is 0 Å². The maximum atomic E-state index is 14.5. The number of anilines is 1. The summed E-state index contributed by atoms with van der Waals surface area (Å²) in [6, 6.07) is 8.01. The number of hydrogen-bond acceptors (Lipinski definition) is 3. The van der Waals surface area contributed by atoms with Crippen LogP contribution in [0.5, 0.6) is 5.75 Å². The maximum Gasteiger partial charge on any atom is 0.303 e. The summed E-state index contributed by atoms with van der Waals surface area (Å²) in [7, 11) is 0. The zero-order valence-corrected chi connectivity index (χ0v) is 16.1. The minimum absolute atomic E-state index is 0.0782. The van der Waals surface area contributed by atoms with Gasteiger partial charge in [-0.15, -0.1) is 0 Å². The number of halogens is 3. The molecule has 2 aromatic rings. The number of rotatable bonds is 8. The minimum atomic E-state index is -0.983. The van der Waals surface area contributed by atoms with Gasteiger partial charge in [0, 0.05) is 28.7 Å². The Kier molecular flexibility index (Phi) is 6.73. The van der Waals surface area contributed by atoms with Crippen LogP contribution in [-0.2, 0) is 4.79 Å². The summed E-state index contributed by atoms with van der Waals surface area (Å²) in [4.78, 5) is 10.5. The van der Waals surface area contributed by atoms with Crippen LogP contribution in [0.1, 0.15) is 38.5 Å². The molecule has 0 bridgehead atoms. The summed E-state index contributed by atoms with van der Waals surface area (Å²) in [5.74, 6) is -3.15. The molecule has 2 aromatic carbocycles. The summed E-state index contributed by atoms with van der Waals surface area (Å²) in [5, 5.41) is 12.5. The third kappa shape index (κ3) is 5.13. The van der Waals surface area contributed by atoms with Gasteiger partial charge in [0.1, 0.15) is 0 Å². The number of ether oxygens (including phenoxy) is 1. The Morgan fingerprint density at radius 3 is 2.50 bits per heavy atom. The van der Waals surface area contributed by atoms with Crippen LogP contribution in [0, 0.1) is 11.6 Å². The number of nitrogens with one attached hydrogen (secondary N) is 1. The Bertz CT molecular complexity index is 831. The average molecular weight is 410 g/mol. The molecule has 1 aliphatic carbocycles. The molecule has 7 heteroatoms. The first kappa shape index (κ1) is 20.4. The molecule has 0 atom stereocenters. The number of carboxylic acids is 1. The predicted molar refractivity (Wildman–Crippen MR) is 105 cm³/mol. The molecule has 3 rings (SSSR count). The normalized spacial score (nSPS) is 14.2. The van der Waals surface area contributed by atoms with E-state index >= 15 is 0 Å². The SMILES string of the molecule is O=C(O)CCCOc1c(F)cc(-c2cc(Cl)ccc2NC2CCCC2)cc1F. The van der Waals surface area contributed by atoms with Crippen molar-refractivity contribution < 1.29 is 23.4 Å². The lowest BCUT2D eigenvalue weighted by atomic mass is 10.0. The molecule has 0 radical (unpaired) electrons. The molecule has 0 aromatic heterocycles. The molecule has 28 heavy (non-hydrogen) atoms. The van der Waals surface area contributed by atoms with Crippen molar-refractivity contribution in [3.8, 4) is 16.9 Å². The highest BCUT2D eigenvalue weighted by Crippen LogP contribution is 2.36. The number of carbonyl (C=O) groups is 1. The zero-order chi connectivity index (χ0) is 20.1. The van der Waals surface area contributed by atoms with E-state index in [0.29, 0.717) is 22.2 Å². The Balaban J connectivity index is 1.83. The predicted octanol–water partition coefficient (Wildman–Crippen LogP) is 5.88. The van der Waals surface area contributed by atoms with E-state index in [0.717, 1.165) is 31.4 Å². The van der Waals surface area contributed by atoms with E-state index in [1.54, 1.807) is 12.1 Å². The van der Waals surface area contributed by atoms with Crippen LogP contribution in [0.25, 0.3) is 11.1 Å². The van der Waals surface area contributed by atoms with Crippen molar-refractivity contribution in [2.24, 2.45) is 0 Å². The second kappa shape index (κ2) is 9.24. The number of hydrogen-bond donors (Lipinski definition) is 2. The van der Waals surface area contributed by atoms with E-state index < -0.39 is 23.4 Å². The van der Waals surface area contributed by atoms with Crippen LogP contribution in [0.3, 0.4) is 0 Å². The van der Waals surface area contributed by atoms with Crippen LogP contribution in [0.4, 0.5) is 14.5 Å². The van der Waals surface area contributed by atoms with Gasteiger partial charge in [0.15, 0.2) is 17.4 Å². The second-order valence-electron chi connectivity index (χ2n) is 6.93. The van der Waals surface area contributed by atoms with Gasteiger partial charge in [-0.05, 0) is 55.2 Å². The first-order chi connectivity index (χ1) is 13.4. The first-order valence-electron chi connectivity index (χ1n) is 9.34. The molecular formula is C21H22ClF2NO3. The molecule has 0 aliphatic heterocycles. The molecule has 150 valence electrons. The molecule has 0 heterocycles. The Labute approximate surface area is 167 Å². The summed E-state index contributed by atoms with van der Waals surface area (Å²) in [6.45, 7) is -0.0782. The van der Waals surface area contributed by atoms with Crippen molar-refractivity contribution in [2.45, 2.75) is 44.6 Å². The van der Waals surface area contributed by atoms with E-state index in [9.17, 15) is 13.6 Å². The molecule has 0 spiro atoms. The van der Waals surface area contributed by atoms with Gasteiger partial charge >= 0.3 is 5.97 Å². The van der Waals surface area contributed by atoms with Gasteiger partial charge in [-0.1, -0.05) is 24.4 Å². The Morgan fingerprint density at radius 1 is 1.18 bits per heavy atom. The lowest BCUT2D eigenvalue weighted by Gasteiger charge is -2.18. The van der Waals surface area contributed by atoms with Gasteiger partial charge in [-0.25, -0.2) is 8.78 Å². The molecular weight excluding hydrogens is 388 g/mol. The van der Waals surface area contributed by atoms with Crippen LogP contribution >= 0.6 is 11.6 Å². The van der Waals surface area contributed by atoms with E-state index in [1.807, 2.05) is 6.07 Å². The second-order valence-corrected chi connectivity index (χ2v) is 7.37. The van der Waals surface area contributed by atoms with E-state index in [1.165, 1.54) is 12.1 Å². The molecule has 0 amide bonds. The van der Waals surface area contributed by atoms with Crippen molar-refractivity contribution in [2.75, 3.05) is 11.9 Å². The third-order valence-corrected chi connectivity index (χ3v) is 5.02. The third-order valence-electron chi connectivity index (χ3n) is 4.79. The van der Waals surface area contributed by atoms with Crippen molar-refractivity contribution in [3.63, 3.8) is 0 Å². The molecule has 2 N–H and O–H groups in total. The van der Waals surface area contributed by atoms with E-state index in [-0.39, 0.29) is 19.4 Å². The molecule has 1 fully saturated rings. The lowest BCUT2D eigenvalue weighted by molar-refractivity contribution is -0.137. The maximum absolute atomic E-state index is 14.5. The van der Waals surface area contributed by atoms with Crippen LogP contribution in [0.15, 0.2) is 30.3 Å². The summed E-state index contributed by atoms with van der Waals surface area (Å²) in [5.41, 5.74) is 1.76. The van der Waals surface area contributed by atoms with Gasteiger partial charge < -0.3 is 15.2 Å². The summed E-state index contributed by atoms with van der Waals surface area (Å²) < 4.78 is 34.1. The molecule has 0 unspecified atom stereocenters. The average Bonchev–Trinajstić information content (AvgIpc) is 3.14. The minimum Gasteiger partial charge on any atom is -0.488 e. The molecule has 1 saturated carbocycles. The molecule has 1 aliphatic rings. The van der Waals surface area contributed by atoms with E-state index in [4.69, 9.17) is 21.4 Å². The highest BCUT2D eigenvalue weighted by Gasteiger charge is 2.19.